The number of likely N-dealkylation sites (N-methyl/N-ethyl adjacent to an activating group) is 1. The molecule has 0 amide bonds. The van der Waals surface area contributed by atoms with Crippen LogP contribution < -0.4 is 0 Å². The Labute approximate surface area is 304 Å². The molecule has 3 unspecified atom stereocenters. The highest BCUT2D eigenvalue weighted by molar-refractivity contribution is 5.83. The lowest BCUT2D eigenvalue weighted by molar-refractivity contribution is -0.319. The van der Waals surface area contributed by atoms with Crippen molar-refractivity contribution in [3.63, 3.8) is 0 Å². The molecule has 4 N–H and O–H groups in total. The van der Waals surface area contributed by atoms with E-state index in [0.717, 1.165) is 0 Å². The third kappa shape index (κ3) is 9.33. The number of rotatable bonds is 7. The first-order valence-corrected chi connectivity index (χ1v) is 18.3. The molecule has 14 heteroatoms. The first kappa shape index (κ1) is 44.1. The number of aliphatic hydroxyl groups is 4. The summed E-state index contributed by atoms with van der Waals surface area (Å²) in [4.78, 5) is 29.8. The Hall–Kier alpha value is -1.30. The highest BCUT2D eigenvalue weighted by Crippen LogP contribution is 2.41. The quantitative estimate of drug-likeness (QED) is 0.279. The predicted octanol–water partition coefficient (Wildman–Crippen LogP) is 2.05. The van der Waals surface area contributed by atoms with Gasteiger partial charge in [0, 0.05) is 44.4 Å². The number of cyclic esters (lactones) is 1. The zero-order valence-electron chi connectivity index (χ0n) is 33.2. The Morgan fingerprint density at radius 2 is 1.39 bits per heavy atom. The monoisotopic (exact) mass is 733 g/mol. The van der Waals surface area contributed by atoms with Crippen molar-refractivity contribution in [3.05, 3.63) is 0 Å². The Morgan fingerprint density at radius 3 is 1.94 bits per heavy atom. The minimum absolute atomic E-state index is 0.109. The van der Waals surface area contributed by atoms with Crippen LogP contribution in [0, 0.1) is 23.7 Å². The molecule has 0 saturated carbocycles. The Bertz CT molecular complexity index is 1170. The fraction of sp³-hybridized carbons (Fsp3) is 0.946. The minimum Gasteiger partial charge on any atom is -0.459 e. The number of hydrogen-bond donors (Lipinski definition) is 4. The topological polar surface area (TPSA) is 183 Å². The van der Waals surface area contributed by atoms with Gasteiger partial charge in [-0.25, -0.2) is 0 Å². The number of carbonyl (C=O) groups is 2. The zero-order chi connectivity index (χ0) is 39.0. The van der Waals surface area contributed by atoms with Gasteiger partial charge in [-0.3, -0.25) is 9.59 Å². The summed E-state index contributed by atoms with van der Waals surface area (Å²) in [7, 11) is 6.75. The summed E-state index contributed by atoms with van der Waals surface area (Å²) in [5, 5.41) is 45.2. The number of Topliss-reactive ketones (excluding diaryl/α,β-unsaturated/α-hetero) is 1. The lowest BCUT2D eigenvalue weighted by atomic mass is 9.74. The molecule has 0 aromatic rings. The molecule has 0 bridgehead atoms. The van der Waals surface area contributed by atoms with Crippen LogP contribution in [-0.2, 0) is 42.7 Å². The van der Waals surface area contributed by atoms with Crippen LogP contribution in [0.15, 0.2) is 0 Å². The van der Waals surface area contributed by atoms with E-state index in [0.29, 0.717) is 6.42 Å². The SMILES string of the molecule is CO[C@]1(C)C[C@@H](C)C(=O)[C@H](C)[C@@H](O)[C@](C)(O)[C@@H](C)OC(=O)[C@H](C)[C@@H](O[C@H]2C[C@](C)(OC)[C@@H](O)C(C)O2)[C@H](C)[C@H]1O[C@@H]1OC(C)C[C@@H](N(C)C)C1O. The maximum absolute atomic E-state index is 14.0. The van der Waals surface area contributed by atoms with E-state index in [-0.39, 0.29) is 30.8 Å². The molecule has 3 aliphatic heterocycles. The third-order valence-corrected chi connectivity index (χ3v) is 12.1. The smallest absolute Gasteiger partial charge is 0.311 e. The number of nitrogens with zero attached hydrogens (tertiary/aromatic N) is 1. The molecule has 0 aromatic heterocycles. The number of ketones is 1. The van der Waals surface area contributed by atoms with Gasteiger partial charge in [0.1, 0.15) is 29.7 Å². The lowest BCUT2D eigenvalue weighted by Gasteiger charge is -2.49. The molecule has 298 valence electrons. The molecule has 0 aromatic carbocycles. The minimum atomic E-state index is -1.97. The van der Waals surface area contributed by atoms with Crippen LogP contribution >= 0.6 is 0 Å². The average Bonchev–Trinajstić information content (AvgIpc) is 3.07. The molecule has 3 aliphatic rings. The molecule has 3 rings (SSSR count). The summed E-state index contributed by atoms with van der Waals surface area (Å²) in [5.41, 5.74) is -4.25. The van der Waals surface area contributed by atoms with E-state index in [1.165, 1.54) is 35.0 Å². The third-order valence-electron chi connectivity index (χ3n) is 12.1. The molecule has 3 heterocycles. The summed E-state index contributed by atoms with van der Waals surface area (Å²) in [6.45, 7) is 16.7. The van der Waals surface area contributed by atoms with Gasteiger partial charge in [-0.15, -0.1) is 0 Å². The average molecular weight is 734 g/mol. The number of aliphatic hydroxyl groups excluding tert-OH is 3. The maximum Gasteiger partial charge on any atom is 0.311 e. The molecule has 51 heavy (non-hydrogen) atoms. The van der Waals surface area contributed by atoms with Gasteiger partial charge in [0.15, 0.2) is 12.6 Å². The highest BCUT2D eigenvalue weighted by atomic mass is 16.7. The van der Waals surface area contributed by atoms with Crippen molar-refractivity contribution in [3.8, 4) is 0 Å². The van der Waals surface area contributed by atoms with Gasteiger partial charge >= 0.3 is 5.97 Å². The summed E-state index contributed by atoms with van der Waals surface area (Å²) < 4.78 is 43.6. The predicted molar refractivity (Wildman–Crippen MR) is 186 cm³/mol. The van der Waals surface area contributed by atoms with E-state index in [1.54, 1.807) is 34.6 Å². The van der Waals surface area contributed by atoms with Gasteiger partial charge in [-0.05, 0) is 75.4 Å². The standard InChI is InChI=1S/C37H67NO13/c1-18-16-36(9,46-14)32(51-34-28(40)25(38(11)12)15-19(2)47-34)21(4)29(50-26-17-35(8,45-13)31(42)23(6)48-26)22(5)33(43)49-24(7)37(10,44)30(41)20(3)27(18)39/h18-26,28-32,34,40-42,44H,15-17H2,1-14H3/t18-,19?,20+,21+,22-,23?,24-,25-,26+,28?,29+,30-,31+,32-,34+,35+,36-,37-/m1/s1. The zero-order valence-corrected chi connectivity index (χ0v) is 33.2. The molecular weight excluding hydrogens is 666 g/mol. The Balaban J connectivity index is 2.20. The second kappa shape index (κ2) is 17.0. The first-order valence-electron chi connectivity index (χ1n) is 18.3. The second-order valence-electron chi connectivity index (χ2n) is 16.4. The molecule has 0 spiro atoms. The Kier molecular flexibility index (Phi) is 14.7. The van der Waals surface area contributed by atoms with Gasteiger partial charge in [0.05, 0.1) is 47.6 Å². The largest absolute Gasteiger partial charge is 0.459 e. The fourth-order valence-corrected chi connectivity index (χ4v) is 8.17. The molecule has 0 radical (unpaired) electrons. The number of esters is 1. The fourth-order valence-electron chi connectivity index (χ4n) is 8.17. The molecule has 14 nitrogen and oxygen atoms in total. The summed E-state index contributed by atoms with van der Waals surface area (Å²) in [5.74, 6) is -4.50. The molecule has 0 aliphatic carbocycles. The molecular formula is C37H67NO13. The van der Waals surface area contributed by atoms with Crippen LogP contribution in [0.2, 0.25) is 0 Å². The maximum atomic E-state index is 14.0. The van der Waals surface area contributed by atoms with Crippen molar-refractivity contribution >= 4 is 11.8 Å². The molecule has 3 fully saturated rings. The van der Waals surface area contributed by atoms with Gasteiger partial charge in [-0.1, -0.05) is 20.8 Å². The van der Waals surface area contributed by atoms with E-state index >= 15 is 0 Å². The number of hydrogen-bond acceptors (Lipinski definition) is 14. The summed E-state index contributed by atoms with van der Waals surface area (Å²) in [6, 6.07) is -0.283. The highest BCUT2D eigenvalue weighted by Gasteiger charge is 2.53. The van der Waals surface area contributed by atoms with Gasteiger partial charge < -0.3 is 58.5 Å². The van der Waals surface area contributed by atoms with Crippen LogP contribution in [0.25, 0.3) is 0 Å². The first-order chi connectivity index (χ1) is 23.4. The number of methoxy groups -OCH3 is 2. The number of carbonyl (C=O) groups excluding carboxylic acids is 2. The summed E-state index contributed by atoms with van der Waals surface area (Å²) in [6.07, 6.45) is -8.94. The van der Waals surface area contributed by atoms with Crippen LogP contribution in [-0.4, -0.2) is 150 Å². The van der Waals surface area contributed by atoms with Gasteiger partial charge in [-0.2, -0.15) is 0 Å². The number of ether oxygens (including phenoxy) is 7. The van der Waals surface area contributed by atoms with E-state index in [2.05, 4.69) is 0 Å². The van der Waals surface area contributed by atoms with Crippen LogP contribution in [0.3, 0.4) is 0 Å². The van der Waals surface area contributed by atoms with Gasteiger partial charge in [0.25, 0.3) is 0 Å². The van der Waals surface area contributed by atoms with Crippen molar-refractivity contribution in [2.45, 2.75) is 173 Å². The van der Waals surface area contributed by atoms with Crippen LogP contribution in [0.1, 0.15) is 88.5 Å². The van der Waals surface area contributed by atoms with E-state index in [1.807, 2.05) is 32.8 Å². The lowest BCUT2D eigenvalue weighted by Crippen LogP contribution is -2.61. The van der Waals surface area contributed by atoms with Crippen molar-refractivity contribution < 1.29 is 63.2 Å². The van der Waals surface area contributed by atoms with E-state index in [9.17, 15) is 30.0 Å². The van der Waals surface area contributed by atoms with Crippen molar-refractivity contribution in [1.82, 2.24) is 4.90 Å². The van der Waals surface area contributed by atoms with E-state index < -0.39 is 102 Å². The van der Waals surface area contributed by atoms with Crippen LogP contribution in [0.5, 0.6) is 0 Å². The van der Waals surface area contributed by atoms with Crippen LogP contribution in [0.4, 0.5) is 0 Å². The van der Waals surface area contributed by atoms with Crippen molar-refractivity contribution in [1.29, 1.82) is 0 Å². The normalized spacial score (nSPS) is 49.7. The van der Waals surface area contributed by atoms with Crippen molar-refractivity contribution in [2.75, 3.05) is 28.3 Å². The van der Waals surface area contributed by atoms with Crippen molar-refractivity contribution in [2.24, 2.45) is 23.7 Å². The Morgan fingerprint density at radius 1 is 0.804 bits per heavy atom. The molecule has 18 atom stereocenters. The van der Waals surface area contributed by atoms with Gasteiger partial charge in [0.2, 0.25) is 0 Å². The molecule has 3 saturated heterocycles. The second-order valence-corrected chi connectivity index (χ2v) is 16.4. The van der Waals surface area contributed by atoms with E-state index in [4.69, 9.17) is 33.2 Å². The summed E-state index contributed by atoms with van der Waals surface area (Å²) >= 11 is 0.